The van der Waals surface area contributed by atoms with Gasteiger partial charge in [-0.05, 0) is 43.2 Å². The van der Waals surface area contributed by atoms with Gasteiger partial charge in [0, 0.05) is 22.3 Å². The molecule has 0 amide bonds. The quantitative estimate of drug-likeness (QED) is 0.904. The normalized spacial score (nSPS) is 14.1. The second-order valence-electron chi connectivity index (χ2n) is 4.57. The van der Waals surface area contributed by atoms with Crippen LogP contribution in [0.1, 0.15) is 24.1 Å². The molecule has 0 spiro atoms. The largest absolute Gasteiger partial charge is 0.393 e. The molecule has 2 rings (SSSR count). The zero-order valence-electron chi connectivity index (χ0n) is 10.6. The Labute approximate surface area is 126 Å². The van der Waals surface area contributed by atoms with Gasteiger partial charge in [-0.15, -0.1) is 0 Å². The summed E-state index contributed by atoms with van der Waals surface area (Å²) >= 11 is 9.29. The van der Waals surface area contributed by atoms with E-state index in [1.165, 1.54) is 0 Å². The third-order valence-electron chi connectivity index (χ3n) is 3.08. The molecule has 0 bridgehead atoms. The number of rotatable bonds is 4. The van der Waals surface area contributed by atoms with Gasteiger partial charge in [0.2, 0.25) is 0 Å². The first kappa shape index (κ1) is 14.5. The maximum atomic E-state index is 10.0. The van der Waals surface area contributed by atoms with E-state index in [4.69, 9.17) is 11.6 Å². The number of hydrogen-bond donors (Lipinski definition) is 1. The predicted octanol–water partition coefficient (Wildman–Crippen LogP) is 4.20. The van der Waals surface area contributed by atoms with Gasteiger partial charge in [-0.25, -0.2) is 0 Å². The topological polar surface area (TPSA) is 33.1 Å². The summed E-state index contributed by atoms with van der Waals surface area (Å²) in [6.07, 6.45) is 1.88. The van der Waals surface area contributed by atoms with E-state index >= 15 is 0 Å². The highest BCUT2D eigenvalue weighted by molar-refractivity contribution is 9.10. The number of pyridine rings is 1. The Bertz CT molecular complexity index is 542. The van der Waals surface area contributed by atoms with Crippen molar-refractivity contribution >= 4 is 27.5 Å². The van der Waals surface area contributed by atoms with E-state index in [2.05, 4.69) is 20.9 Å². The highest BCUT2D eigenvalue weighted by atomic mass is 79.9. The average Bonchev–Trinajstić information content (AvgIpc) is 2.37. The fourth-order valence-corrected chi connectivity index (χ4v) is 2.59. The molecule has 100 valence electrons. The lowest BCUT2D eigenvalue weighted by Gasteiger charge is -2.20. The SMILES string of the molecule is CC(O)C(Cc1ccc(Cl)cn1)c1cccc(Br)c1. The molecule has 0 fully saturated rings. The molecule has 1 aromatic carbocycles. The third kappa shape index (κ3) is 4.03. The van der Waals surface area contributed by atoms with E-state index in [1.54, 1.807) is 6.20 Å². The number of aromatic nitrogens is 1. The van der Waals surface area contributed by atoms with Crippen molar-refractivity contribution in [3.63, 3.8) is 0 Å². The van der Waals surface area contributed by atoms with Gasteiger partial charge in [0.1, 0.15) is 0 Å². The molecule has 19 heavy (non-hydrogen) atoms. The fourth-order valence-electron chi connectivity index (χ4n) is 2.06. The molecule has 0 saturated carbocycles. The zero-order valence-corrected chi connectivity index (χ0v) is 12.9. The van der Waals surface area contributed by atoms with E-state index in [0.717, 1.165) is 15.7 Å². The number of aliphatic hydroxyl groups excluding tert-OH is 1. The highest BCUT2D eigenvalue weighted by Gasteiger charge is 2.18. The van der Waals surface area contributed by atoms with Crippen LogP contribution in [0.2, 0.25) is 5.02 Å². The molecular weight excluding hydrogens is 326 g/mol. The summed E-state index contributed by atoms with van der Waals surface area (Å²) in [6, 6.07) is 11.7. The Morgan fingerprint density at radius 2 is 2.11 bits per heavy atom. The van der Waals surface area contributed by atoms with Gasteiger partial charge < -0.3 is 5.11 Å². The van der Waals surface area contributed by atoms with Gasteiger partial charge in [-0.3, -0.25) is 4.98 Å². The van der Waals surface area contributed by atoms with E-state index in [9.17, 15) is 5.11 Å². The van der Waals surface area contributed by atoms with Crippen LogP contribution in [0.5, 0.6) is 0 Å². The van der Waals surface area contributed by atoms with E-state index in [1.807, 2.05) is 43.3 Å². The van der Waals surface area contributed by atoms with Crippen LogP contribution in [0.3, 0.4) is 0 Å². The molecule has 1 N–H and O–H groups in total. The van der Waals surface area contributed by atoms with Gasteiger partial charge >= 0.3 is 0 Å². The lowest BCUT2D eigenvalue weighted by Crippen LogP contribution is -2.17. The summed E-state index contributed by atoms with van der Waals surface area (Å²) in [5.41, 5.74) is 2.02. The molecule has 4 heteroatoms. The van der Waals surface area contributed by atoms with Crippen molar-refractivity contribution in [1.29, 1.82) is 0 Å². The Morgan fingerprint density at radius 1 is 1.32 bits per heavy atom. The van der Waals surface area contributed by atoms with Gasteiger partial charge in [-0.1, -0.05) is 39.7 Å². The Balaban J connectivity index is 2.23. The molecule has 1 aromatic heterocycles. The minimum Gasteiger partial charge on any atom is -0.393 e. The average molecular weight is 341 g/mol. The number of benzene rings is 1. The van der Waals surface area contributed by atoms with E-state index < -0.39 is 6.10 Å². The maximum Gasteiger partial charge on any atom is 0.0589 e. The molecule has 2 aromatic rings. The first-order chi connectivity index (χ1) is 9.06. The summed E-state index contributed by atoms with van der Waals surface area (Å²) in [5.74, 6) is 0.0196. The van der Waals surface area contributed by atoms with Crippen LogP contribution in [0.25, 0.3) is 0 Å². The minimum atomic E-state index is -0.438. The Kier molecular flexibility index (Phi) is 4.97. The lowest BCUT2D eigenvalue weighted by molar-refractivity contribution is 0.161. The second kappa shape index (κ2) is 6.51. The first-order valence-electron chi connectivity index (χ1n) is 6.10. The summed E-state index contributed by atoms with van der Waals surface area (Å²) in [4.78, 5) is 4.29. The smallest absolute Gasteiger partial charge is 0.0589 e. The molecule has 2 unspecified atom stereocenters. The number of nitrogens with zero attached hydrogens (tertiary/aromatic N) is 1. The summed E-state index contributed by atoms with van der Waals surface area (Å²) in [5, 5.41) is 10.6. The van der Waals surface area contributed by atoms with Crippen LogP contribution >= 0.6 is 27.5 Å². The lowest BCUT2D eigenvalue weighted by atomic mass is 9.90. The Morgan fingerprint density at radius 3 is 2.68 bits per heavy atom. The molecule has 2 nitrogen and oxygen atoms in total. The van der Waals surface area contributed by atoms with Crippen molar-refractivity contribution in [2.75, 3.05) is 0 Å². The van der Waals surface area contributed by atoms with E-state index in [0.29, 0.717) is 11.4 Å². The maximum absolute atomic E-state index is 10.0. The number of halogens is 2. The molecule has 0 aliphatic rings. The highest BCUT2D eigenvalue weighted by Crippen LogP contribution is 2.26. The van der Waals surface area contributed by atoms with Crippen LogP contribution < -0.4 is 0 Å². The van der Waals surface area contributed by atoms with Gasteiger partial charge in [-0.2, -0.15) is 0 Å². The van der Waals surface area contributed by atoms with Crippen LogP contribution in [0.15, 0.2) is 47.1 Å². The minimum absolute atomic E-state index is 0.0196. The van der Waals surface area contributed by atoms with Crippen molar-refractivity contribution in [1.82, 2.24) is 4.98 Å². The van der Waals surface area contributed by atoms with Crippen molar-refractivity contribution < 1.29 is 5.11 Å². The predicted molar refractivity (Wildman–Crippen MR) is 81.5 cm³/mol. The van der Waals surface area contributed by atoms with Gasteiger partial charge in [0.05, 0.1) is 11.1 Å². The number of hydrogen-bond acceptors (Lipinski definition) is 2. The standard InChI is InChI=1S/C15H15BrClNO/c1-10(19)15(11-3-2-4-12(16)7-11)8-14-6-5-13(17)9-18-14/h2-7,9-10,15,19H,8H2,1H3. The molecule has 0 saturated heterocycles. The molecular formula is C15H15BrClNO. The molecule has 1 heterocycles. The van der Waals surface area contributed by atoms with Crippen LogP contribution in [0, 0.1) is 0 Å². The summed E-state index contributed by atoms with van der Waals surface area (Å²) in [6.45, 7) is 1.81. The van der Waals surface area contributed by atoms with E-state index in [-0.39, 0.29) is 5.92 Å². The van der Waals surface area contributed by atoms with Crippen LogP contribution in [0.4, 0.5) is 0 Å². The second-order valence-corrected chi connectivity index (χ2v) is 5.93. The Hall–Kier alpha value is -0.900. The monoisotopic (exact) mass is 339 g/mol. The van der Waals surface area contributed by atoms with Crippen molar-refractivity contribution in [3.05, 3.63) is 63.3 Å². The summed E-state index contributed by atoms with van der Waals surface area (Å²) in [7, 11) is 0. The molecule has 0 radical (unpaired) electrons. The molecule has 0 aliphatic carbocycles. The zero-order chi connectivity index (χ0) is 13.8. The fraction of sp³-hybridized carbons (Fsp3) is 0.267. The molecule has 0 aliphatic heterocycles. The van der Waals surface area contributed by atoms with Gasteiger partial charge in [0.15, 0.2) is 0 Å². The van der Waals surface area contributed by atoms with Crippen molar-refractivity contribution in [2.45, 2.75) is 25.4 Å². The van der Waals surface area contributed by atoms with Gasteiger partial charge in [0.25, 0.3) is 0 Å². The molecule has 2 atom stereocenters. The van der Waals surface area contributed by atoms with Crippen LogP contribution in [-0.2, 0) is 6.42 Å². The number of aliphatic hydroxyl groups is 1. The van der Waals surface area contributed by atoms with Crippen molar-refractivity contribution in [2.24, 2.45) is 0 Å². The third-order valence-corrected chi connectivity index (χ3v) is 3.79. The van der Waals surface area contributed by atoms with Crippen molar-refractivity contribution in [3.8, 4) is 0 Å². The van der Waals surface area contributed by atoms with Crippen LogP contribution in [-0.4, -0.2) is 16.2 Å². The first-order valence-corrected chi connectivity index (χ1v) is 7.27. The summed E-state index contributed by atoms with van der Waals surface area (Å²) < 4.78 is 1.01.